The fourth-order valence-corrected chi connectivity index (χ4v) is 9.58. The molecule has 9 rings (SSSR count). The van der Waals surface area contributed by atoms with Gasteiger partial charge in [0.25, 0.3) is 11.8 Å². The number of nitrogens with two attached hydrogens (primary N) is 1. The number of fused-ring (bicyclic) bond motifs is 1. The summed E-state index contributed by atoms with van der Waals surface area (Å²) >= 11 is 0. The van der Waals surface area contributed by atoms with Crippen LogP contribution in [-0.2, 0) is 11.8 Å². The Hall–Kier alpha value is -7.50. The zero-order valence-electron chi connectivity index (χ0n) is 37.8. The van der Waals surface area contributed by atoms with Gasteiger partial charge in [-0.05, 0) is 74.4 Å². The lowest BCUT2D eigenvalue weighted by Gasteiger charge is -2.50. The summed E-state index contributed by atoms with van der Waals surface area (Å²) in [6.45, 7) is 8.14. The van der Waals surface area contributed by atoms with E-state index in [4.69, 9.17) is 15.5 Å². The maximum Gasteiger partial charge on any atom is 0.329 e. The molecule has 20 heteroatoms. The number of aromatic nitrogens is 4. The lowest BCUT2D eigenvalue weighted by Crippen LogP contribution is -2.66. The van der Waals surface area contributed by atoms with E-state index in [-0.39, 0.29) is 42.0 Å². The number of piperazine rings is 1. The number of nitrogens with one attached hydrogen (secondary N) is 2. The first kappa shape index (κ1) is 45.6. The highest BCUT2D eigenvalue weighted by Gasteiger charge is 2.41. The van der Waals surface area contributed by atoms with E-state index in [0.29, 0.717) is 116 Å². The maximum atomic E-state index is 14.9. The van der Waals surface area contributed by atoms with E-state index >= 15 is 0 Å². The number of carbonyl (C=O) groups is 4. The molecule has 352 valence electrons. The van der Waals surface area contributed by atoms with Gasteiger partial charge in [-0.25, -0.2) is 18.6 Å². The molecule has 7 heterocycles. The molecule has 4 aliphatic heterocycles. The number of carbonyl (C=O) groups excluding carboxylic acids is 4. The van der Waals surface area contributed by atoms with Gasteiger partial charge in [-0.2, -0.15) is 10.4 Å². The van der Waals surface area contributed by atoms with E-state index in [0.717, 1.165) is 31.3 Å². The molecule has 0 aliphatic carbocycles. The summed E-state index contributed by atoms with van der Waals surface area (Å²) in [7, 11) is 1.75. The van der Waals surface area contributed by atoms with Crippen molar-refractivity contribution in [3.05, 3.63) is 102 Å². The van der Waals surface area contributed by atoms with Crippen molar-refractivity contribution in [3.8, 4) is 22.9 Å². The number of amides is 5. The first-order chi connectivity index (χ1) is 32.8. The van der Waals surface area contributed by atoms with Gasteiger partial charge in [0.2, 0.25) is 5.91 Å². The van der Waals surface area contributed by atoms with Crippen LogP contribution in [0.2, 0.25) is 0 Å². The van der Waals surface area contributed by atoms with Crippen molar-refractivity contribution in [2.24, 2.45) is 12.8 Å². The average Bonchev–Trinajstić information content (AvgIpc) is 3.65. The average molecular weight is 928 g/mol. The van der Waals surface area contributed by atoms with Crippen molar-refractivity contribution in [2.75, 3.05) is 81.9 Å². The van der Waals surface area contributed by atoms with E-state index in [1.807, 2.05) is 24.0 Å². The molecule has 0 saturated carbocycles. The van der Waals surface area contributed by atoms with Gasteiger partial charge < -0.3 is 25.6 Å². The molecule has 4 fully saturated rings. The zero-order valence-corrected chi connectivity index (χ0v) is 37.8. The molecule has 3 aromatic heterocycles. The van der Waals surface area contributed by atoms with Crippen LogP contribution in [0.15, 0.2) is 73.2 Å². The monoisotopic (exact) mass is 927 g/mol. The van der Waals surface area contributed by atoms with Crippen LogP contribution < -0.4 is 30.9 Å². The van der Waals surface area contributed by atoms with E-state index in [1.165, 1.54) is 11.1 Å². The third kappa shape index (κ3) is 9.14. The summed E-state index contributed by atoms with van der Waals surface area (Å²) in [5.74, 6) is -0.909. The Morgan fingerprint density at radius 2 is 1.76 bits per heavy atom. The molecule has 2 aromatic carbocycles. The van der Waals surface area contributed by atoms with Gasteiger partial charge >= 0.3 is 6.03 Å². The number of aryl methyl sites for hydroxylation is 1. The first-order valence-electron chi connectivity index (χ1n) is 22.6. The number of piperidine rings is 1. The number of ether oxygens (including phenoxy) is 1. The molecule has 68 heavy (non-hydrogen) atoms. The molecular formula is C48H51F2N13O5. The minimum atomic E-state index is -0.800. The normalized spacial score (nSPS) is 18.3. The van der Waals surface area contributed by atoms with E-state index < -0.39 is 29.1 Å². The van der Waals surface area contributed by atoms with Gasteiger partial charge in [-0.1, -0.05) is 0 Å². The zero-order chi connectivity index (χ0) is 47.7. The number of urea groups is 1. The van der Waals surface area contributed by atoms with Crippen molar-refractivity contribution in [2.45, 2.75) is 37.8 Å². The molecule has 0 radical (unpaired) electrons. The third-order valence-corrected chi connectivity index (χ3v) is 13.4. The quantitative estimate of drug-likeness (QED) is 0.152. The van der Waals surface area contributed by atoms with E-state index in [9.17, 15) is 33.2 Å². The SMILES string of the molecule is CCOc1cnc(C(C#N)=CN)c(-c2ccc(N3CCC(CN4CCN(C5CN(C(=O)c6ccc7c(N8CCC(=O)NC8=O)nn(C)c7c6)C5)CC4)(NC(=O)c4cc(F)ccc4F)CC3)nc2)c1. The summed E-state index contributed by atoms with van der Waals surface area (Å²) in [4.78, 5) is 70.9. The molecule has 0 atom stereocenters. The number of pyridine rings is 2. The Labute approximate surface area is 390 Å². The predicted octanol–water partition coefficient (Wildman–Crippen LogP) is 3.89. The highest BCUT2D eigenvalue weighted by molar-refractivity contribution is 6.09. The Morgan fingerprint density at radius 1 is 0.985 bits per heavy atom. The standard InChI is InChI=1S/C48H51F2N13O5/c1-3-68-35-22-37(43(54-26-35)32(23-51)24-52)31-5-9-41(53-25-31)61-14-11-48(12-15-61,56-45(65)38-21-33(49)6-8-39(38)50)29-59-16-18-60(19-17-59)34-27-62(28-34)46(66)30-4-7-36-40(20-30)58(2)57-44(36)63-13-10-42(64)55-47(63)67/h4-9,20-23,25-26,34H,3,10-19,27-29,51H2,1-2H3,(H,56,65)(H,55,64,67). The lowest BCUT2D eigenvalue weighted by atomic mass is 9.85. The molecule has 0 unspecified atom stereocenters. The van der Waals surface area contributed by atoms with Crippen LogP contribution in [0.3, 0.4) is 0 Å². The number of hydrogen-bond donors (Lipinski definition) is 3. The molecule has 5 aromatic rings. The summed E-state index contributed by atoms with van der Waals surface area (Å²) in [5, 5.41) is 20.4. The molecule has 4 N–H and O–H groups in total. The number of allylic oxidation sites excluding steroid dienone is 1. The summed E-state index contributed by atoms with van der Waals surface area (Å²) in [6, 6.07) is 15.6. The van der Waals surface area contributed by atoms with Crippen molar-refractivity contribution >= 4 is 51.9 Å². The molecule has 4 saturated heterocycles. The maximum absolute atomic E-state index is 14.9. The number of nitrogens with zero attached hydrogens (tertiary/aromatic N) is 10. The Bertz CT molecular complexity index is 2840. The summed E-state index contributed by atoms with van der Waals surface area (Å²) < 4.78 is 36.5. The van der Waals surface area contributed by atoms with Crippen LogP contribution in [0.25, 0.3) is 27.6 Å². The smallest absolute Gasteiger partial charge is 0.329 e. The van der Waals surface area contributed by atoms with Crippen molar-refractivity contribution in [3.63, 3.8) is 0 Å². The topological polar surface area (TPSA) is 211 Å². The van der Waals surface area contributed by atoms with Gasteiger partial charge in [-0.15, -0.1) is 0 Å². The lowest BCUT2D eigenvalue weighted by molar-refractivity contribution is -0.120. The molecule has 5 amide bonds. The highest BCUT2D eigenvalue weighted by atomic mass is 19.1. The minimum absolute atomic E-state index is 0.0939. The Morgan fingerprint density at radius 3 is 2.46 bits per heavy atom. The van der Waals surface area contributed by atoms with Gasteiger partial charge in [0.15, 0.2) is 5.82 Å². The number of rotatable bonds is 12. The van der Waals surface area contributed by atoms with E-state index in [1.54, 1.807) is 48.4 Å². The third-order valence-electron chi connectivity index (χ3n) is 13.4. The number of likely N-dealkylation sites (tertiary alicyclic amines) is 1. The molecule has 0 spiro atoms. The molecule has 4 aliphatic rings. The Balaban J connectivity index is 0.836. The largest absolute Gasteiger partial charge is 0.492 e. The van der Waals surface area contributed by atoms with Gasteiger partial charge in [0, 0.05) is 119 Å². The van der Waals surface area contributed by atoms with Crippen LogP contribution >= 0.6 is 0 Å². The second-order valence-corrected chi connectivity index (χ2v) is 17.6. The summed E-state index contributed by atoms with van der Waals surface area (Å²) in [5.41, 5.74) is 7.84. The van der Waals surface area contributed by atoms with Crippen molar-refractivity contribution in [1.82, 2.24) is 45.1 Å². The molecular weight excluding hydrogens is 877 g/mol. The number of nitriles is 1. The number of halogens is 2. The van der Waals surface area contributed by atoms with E-state index in [2.05, 4.69) is 41.5 Å². The second-order valence-electron chi connectivity index (χ2n) is 17.6. The van der Waals surface area contributed by atoms with Gasteiger partial charge in [0.1, 0.15) is 29.3 Å². The fourth-order valence-electron chi connectivity index (χ4n) is 9.58. The van der Waals surface area contributed by atoms with Crippen LogP contribution in [-0.4, -0.2) is 142 Å². The van der Waals surface area contributed by atoms with Crippen LogP contribution in [0.5, 0.6) is 5.75 Å². The van der Waals surface area contributed by atoms with Gasteiger partial charge in [-0.3, -0.25) is 44.1 Å². The molecule has 18 nitrogen and oxygen atoms in total. The highest BCUT2D eigenvalue weighted by Crippen LogP contribution is 2.34. The fraction of sp³-hybridized carbons (Fsp3) is 0.375. The van der Waals surface area contributed by atoms with Crippen LogP contribution in [0.1, 0.15) is 52.6 Å². The summed E-state index contributed by atoms with van der Waals surface area (Å²) in [6.07, 6.45) is 5.68. The second kappa shape index (κ2) is 19.0. The minimum Gasteiger partial charge on any atom is -0.492 e. The molecule has 0 bridgehead atoms. The number of imide groups is 1. The predicted molar refractivity (Wildman–Crippen MR) is 248 cm³/mol. The van der Waals surface area contributed by atoms with Crippen LogP contribution in [0.4, 0.5) is 25.2 Å². The van der Waals surface area contributed by atoms with Crippen molar-refractivity contribution < 1.29 is 32.7 Å². The number of benzene rings is 2. The first-order valence-corrected chi connectivity index (χ1v) is 22.6. The van der Waals surface area contributed by atoms with Gasteiger partial charge in [0.05, 0.1) is 40.7 Å². The number of anilines is 2. The number of hydrogen-bond acceptors (Lipinski definition) is 13. The van der Waals surface area contributed by atoms with Crippen molar-refractivity contribution in [1.29, 1.82) is 5.26 Å². The Kier molecular flexibility index (Phi) is 12.8. The van der Waals surface area contributed by atoms with Crippen LogP contribution in [0, 0.1) is 23.0 Å².